The van der Waals surface area contributed by atoms with Crippen LogP contribution in [0.15, 0.2) is 46.9 Å². The van der Waals surface area contributed by atoms with Crippen LogP contribution in [-0.4, -0.2) is 15.9 Å². The van der Waals surface area contributed by atoms with E-state index in [-0.39, 0.29) is 17.9 Å². The summed E-state index contributed by atoms with van der Waals surface area (Å²) in [5, 5.41) is 11.6. The van der Waals surface area contributed by atoms with E-state index < -0.39 is 10.9 Å². The Kier molecular flexibility index (Phi) is 4.35. The second kappa shape index (κ2) is 6.43. The summed E-state index contributed by atoms with van der Waals surface area (Å²) in [6.07, 6.45) is 0. The van der Waals surface area contributed by atoms with Crippen molar-refractivity contribution in [2.24, 2.45) is 0 Å². The van der Waals surface area contributed by atoms with Gasteiger partial charge in [0, 0.05) is 6.07 Å². The Morgan fingerprint density at radius 2 is 2.09 bits per heavy atom. The molecular formula is C15H9BrN2O4S. The maximum Gasteiger partial charge on any atom is 0.338 e. The third kappa shape index (κ3) is 3.38. The first-order valence-electron chi connectivity index (χ1n) is 6.50. The molecule has 0 radical (unpaired) electrons. The summed E-state index contributed by atoms with van der Waals surface area (Å²) in [6.45, 7) is 0.0298. The largest absolute Gasteiger partial charge is 0.455 e. The van der Waals surface area contributed by atoms with Gasteiger partial charge in [-0.05, 0) is 40.2 Å². The quantitative estimate of drug-likeness (QED) is 0.375. The number of esters is 1. The first-order valence-corrected chi connectivity index (χ1v) is 8.11. The molecule has 0 atom stereocenters. The molecule has 3 aromatic rings. The first kappa shape index (κ1) is 15.6. The summed E-state index contributed by atoms with van der Waals surface area (Å²) >= 11 is 4.51. The third-order valence-corrected chi connectivity index (χ3v) is 4.72. The van der Waals surface area contributed by atoms with Crippen LogP contribution in [0.3, 0.4) is 0 Å². The number of nitro groups is 1. The van der Waals surface area contributed by atoms with E-state index in [9.17, 15) is 14.9 Å². The Balaban J connectivity index is 1.74. The zero-order chi connectivity index (χ0) is 16.4. The van der Waals surface area contributed by atoms with Crippen LogP contribution in [0.25, 0.3) is 10.2 Å². The lowest BCUT2D eigenvalue weighted by Crippen LogP contribution is -2.06. The standard InChI is InChI=1S/C15H9BrN2O4S/c16-10-6-5-9(7-12(10)18(20)21)15(19)22-8-14-17-11-3-1-2-4-13(11)23-14/h1-7H,8H2. The summed E-state index contributed by atoms with van der Waals surface area (Å²) in [6, 6.07) is 11.7. The molecule has 0 aliphatic rings. The number of carbonyl (C=O) groups is 1. The van der Waals surface area contributed by atoms with Crippen LogP contribution < -0.4 is 0 Å². The van der Waals surface area contributed by atoms with E-state index in [2.05, 4.69) is 20.9 Å². The first-order chi connectivity index (χ1) is 11.0. The number of benzene rings is 2. The topological polar surface area (TPSA) is 82.3 Å². The Bertz CT molecular complexity index is 876. The number of nitro benzene ring substituents is 1. The lowest BCUT2D eigenvalue weighted by molar-refractivity contribution is -0.385. The zero-order valence-corrected chi connectivity index (χ0v) is 14.0. The van der Waals surface area contributed by atoms with Crippen LogP contribution in [0, 0.1) is 10.1 Å². The van der Waals surface area contributed by atoms with Crippen LogP contribution in [0.2, 0.25) is 0 Å². The van der Waals surface area contributed by atoms with Gasteiger partial charge in [0.2, 0.25) is 0 Å². The Hall–Kier alpha value is -2.32. The molecule has 0 aliphatic carbocycles. The molecule has 0 aliphatic heterocycles. The van der Waals surface area contributed by atoms with Gasteiger partial charge in [-0.3, -0.25) is 10.1 Å². The highest BCUT2D eigenvalue weighted by Crippen LogP contribution is 2.26. The van der Waals surface area contributed by atoms with Crippen molar-refractivity contribution in [1.29, 1.82) is 0 Å². The van der Waals surface area contributed by atoms with Crippen molar-refractivity contribution in [3.8, 4) is 0 Å². The number of carbonyl (C=O) groups excluding carboxylic acids is 1. The molecule has 0 saturated carbocycles. The number of aromatic nitrogens is 1. The fourth-order valence-corrected chi connectivity index (χ4v) is 3.24. The Labute approximate surface area is 143 Å². The van der Waals surface area contributed by atoms with E-state index in [0.717, 1.165) is 10.2 Å². The molecule has 23 heavy (non-hydrogen) atoms. The third-order valence-electron chi connectivity index (χ3n) is 3.04. The number of para-hydroxylation sites is 1. The number of thiazole rings is 1. The average molecular weight is 393 g/mol. The number of rotatable bonds is 4. The van der Waals surface area contributed by atoms with Crippen LogP contribution in [-0.2, 0) is 11.3 Å². The molecule has 116 valence electrons. The van der Waals surface area contributed by atoms with Crippen molar-refractivity contribution in [2.75, 3.05) is 0 Å². The average Bonchev–Trinajstić information content (AvgIpc) is 2.95. The second-order valence-corrected chi connectivity index (χ2v) is 6.54. The zero-order valence-electron chi connectivity index (χ0n) is 11.6. The van der Waals surface area contributed by atoms with Crippen LogP contribution in [0.1, 0.15) is 15.4 Å². The van der Waals surface area contributed by atoms with Gasteiger partial charge in [-0.1, -0.05) is 12.1 Å². The minimum Gasteiger partial charge on any atom is -0.455 e. The molecule has 8 heteroatoms. The van der Waals surface area contributed by atoms with Gasteiger partial charge in [-0.15, -0.1) is 11.3 Å². The summed E-state index contributed by atoms with van der Waals surface area (Å²) < 4.78 is 6.51. The predicted octanol–water partition coefficient (Wildman–Crippen LogP) is 4.32. The molecule has 1 heterocycles. The fourth-order valence-electron chi connectivity index (χ4n) is 1.97. The number of halogens is 1. The molecule has 1 aromatic heterocycles. The van der Waals surface area contributed by atoms with E-state index in [4.69, 9.17) is 4.74 Å². The van der Waals surface area contributed by atoms with Crippen LogP contribution in [0.5, 0.6) is 0 Å². The van der Waals surface area contributed by atoms with Crippen molar-refractivity contribution in [3.05, 3.63) is 67.6 Å². The summed E-state index contributed by atoms with van der Waals surface area (Å²) in [4.78, 5) is 26.7. The molecule has 0 bridgehead atoms. The van der Waals surface area contributed by atoms with Crippen LogP contribution >= 0.6 is 27.3 Å². The van der Waals surface area contributed by atoms with Gasteiger partial charge >= 0.3 is 5.97 Å². The van der Waals surface area contributed by atoms with Gasteiger partial charge in [-0.25, -0.2) is 9.78 Å². The number of hydrogen-bond acceptors (Lipinski definition) is 6. The normalized spacial score (nSPS) is 10.7. The molecule has 0 amide bonds. The molecule has 6 nitrogen and oxygen atoms in total. The predicted molar refractivity (Wildman–Crippen MR) is 89.5 cm³/mol. The van der Waals surface area contributed by atoms with Gasteiger partial charge in [0.1, 0.15) is 11.6 Å². The minimum atomic E-state index is -0.625. The minimum absolute atomic E-state index is 0.0298. The smallest absolute Gasteiger partial charge is 0.338 e. The lowest BCUT2D eigenvalue weighted by Gasteiger charge is -2.03. The molecule has 0 spiro atoms. The van der Waals surface area contributed by atoms with E-state index in [0.29, 0.717) is 9.48 Å². The molecule has 0 saturated heterocycles. The second-order valence-electron chi connectivity index (χ2n) is 4.57. The van der Waals surface area contributed by atoms with Gasteiger partial charge in [0.25, 0.3) is 5.69 Å². The van der Waals surface area contributed by atoms with E-state index in [1.54, 1.807) is 0 Å². The summed E-state index contributed by atoms with van der Waals surface area (Å²) in [5.74, 6) is -0.625. The van der Waals surface area contributed by atoms with Crippen molar-refractivity contribution >= 4 is 49.1 Å². The molecule has 0 unspecified atom stereocenters. The molecule has 2 aromatic carbocycles. The van der Waals surface area contributed by atoms with Crippen molar-refractivity contribution in [2.45, 2.75) is 6.61 Å². The van der Waals surface area contributed by atoms with Gasteiger partial charge in [0.15, 0.2) is 0 Å². The van der Waals surface area contributed by atoms with E-state index >= 15 is 0 Å². The summed E-state index contributed by atoms with van der Waals surface area (Å²) in [7, 11) is 0. The highest BCUT2D eigenvalue weighted by atomic mass is 79.9. The number of hydrogen-bond donors (Lipinski definition) is 0. The van der Waals surface area contributed by atoms with Crippen molar-refractivity contribution in [3.63, 3.8) is 0 Å². The lowest BCUT2D eigenvalue weighted by atomic mass is 10.2. The Morgan fingerprint density at radius 3 is 2.83 bits per heavy atom. The van der Waals surface area contributed by atoms with Crippen molar-refractivity contribution in [1.82, 2.24) is 4.98 Å². The molecule has 0 N–H and O–H groups in total. The molecular weight excluding hydrogens is 384 g/mol. The molecule has 3 rings (SSSR count). The number of fused-ring (bicyclic) bond motifs is 1. The van der Waals surface area contributed by atoms with E-state index in [1.807, 2.05) is 24.3 Å². The number of nitrogens with zero attached hydrogens (tertiary/aromatic N) is 2. The maximum atomic E-state index is 12.0. The maximum absolute atomic E-state index is 12.0. The Morgan fingerprint density at radius 1 is 1.30 bits per heavy atom. The fraction of sp³-hybridized carbons (Fsp3) is 0.0667. The van der Waals surface area contributed by atoms with Crippen molar-refractivity contribution < 1.29 is 14.5 Å². The highest BCUT2D eigenvalue weighted by Gasteiger charge is 2.17. The SMILES string of the molecule is O=C(OCc1nc2ccccc2s1)c1ccc(Br)c([N+](=O)[O-])c1. The van der Waals surface area contributed by atoms with Gasteiger partial charge in [0.05, 0.1) is 25.2 Å². The van der Waals surface area contributed by atoms with Gasteiger partial charge < -0.3 is 4.74 Å². The highest BCUT2D eigenvalue weighted by molar-refractivity contribution is 9.10. The number of ether oxygens (including phenoxy) is 1. The van der Waals surface area contributed by atoms with Crippen LogP contribution in [0.4, 0.5) is 5.69 Å². The monoisotopic (exact) mass is 392 g/mol. The van der Waals surface area contributed by atoms with E-state index in [1.165, 1.54) is 29.5 Å². The van der Waals surface area contributed by atoms with Gasteiger partial charge in [-0.2, -0.15) is 0 Å². The molecule has 0 fully saturated rings. The summed E-state index contributed by atoms with van der Waals surface area (Å²) in [5.41, 5.74) is 0.795.